The molecule has 0 heterocycles. The number of alkyl halides is 3. The van der Waals surface area contributed by atoms with Crippen LogP contribution in [0.2, 0.25) is 0 Å². The summed E-state index contributed by atoms with van der Waals surface area (Å²) in [7, 11) is -0.881. The highest BCUT2D eigenvalue weighted by Crippen LogP contribution is 2.30. The molecule has 0 saturated heterocycles. The van der Waals surface area contributed by atoms with E-state index in [0.29, 0.717) is 24.8 Å². The third-order valence-corrected chi connectivity index (χ3v) is 3.26. The molecule has 108 valence electrons. The van der Waals surface area contributed by atoms with E-state index in [1.54, 1.807) is 6.26 Å². The van der Waals surface area contributed by atoms with Gasteiger partial charge in [0.05, 0.1) is 5.56 Å². The van der Waals surface area contributed by atoms with Gasteiger partial charge in [0.15, 0.2) is 0 Å². The van der Waals surface area contributed by atoms with E-state index in [1.165, 1.54) is 0 Å². The largest absolute Gasteiger partial charge is 0.416 e. The van der Waals surface area contributed by atoms with Gasteiger partial charge in [0.1, 0.15) is 5.82 Å². The maximum Gasteiger partial charge on any atom is 0.416 e. The molecule has 1 N–H and O–H groups in total. The zero-order valence-electron chi connectivity index (χ0n) is 10.4. The number of hydrogen-bond donors (Lipinski definition) is 1. The van der Waals surface area contributed by atoms with E-state index in [-0.39, 0.29) is 12.1 Å². The van der Waals surface area contributed by atoms with Gasteiger partial charge in [-0.25, -0.2) is 4.39 Å². The fourth-order valence-electron chi connectivity index (χ4n) is 1.55. The Bertz CT molecular complexity index is 448. The summed E-state index contributed by atoms with van der Waals surface area (Å²) in [5.74, 6) is -0.370. The molecule has 0 aliphatic carbocycles. The lowest BCUT2D eigenvalue weighted by Gasteiger charge is -2.10. The zero-order chi connectivity index (χ0) is 14.5. The topological polar surface area (TPSA) is 29.1 Å². The summed E-state index contributed by atoms with van der Waals surface area (Å²) in [5, 5.41) is 2.89. The average Bonchev–Trinajstić information content (AvgIpc) is 2.26. The van der Waals surface area contributed by atoms with Crippen LogP contribution in [0.5, 0.6) is 0 Å². The SMILES string of the molecule is CS(=O)CCCNCc1cc(F)cc(C(F)(F)F)c1. The number of rotatable bonds is 6. The Labute approximate surface area is 111 Å². The Balaban J connectivity index is 2.54. The van der Waals surface area contributed by atoms with Gasteiger partial charge in [0, 0.05) is 29.4 Å². The summed E-state index contributed by atoms with van der Waals surface area (Å²) in [5.41, 5.74) is -0.746. The van der Waals surface area contributed by atoms with Gasteiger partial charge in [-0.3, -0.25) is 4.21 Å². The summed E-state index contributed by atoms with van der Waals surface area (Å²) in [4.78, 5) is 0. The van der Waals surface area contributed by atoms with Crippen molar-refractivity contribution in [2.24, 2.45) is 0 Å². The molecule has 1 unspecified atom stereocenters. The predicted molar refractivity (Wildman–Crippen MR) is 66.7 cm³/mol. The van der Waals surface area contributed by atoms with E-state index >= 15 is 0 Å². The molecule has 7 heteroatoms. The minimum Gasteiger partial charge on any atom is -0.313 e. The summed E-state index contributed by atoms with van der Waals surface area (Å²) in [6, 6.07) is 2.47. The number of nitrogens with one attached hydrogen (secondary N) is 1. The van der Waals surface area contributed by atoms with Crippen molar-refractivity contribution in [3.05, 3.63) is 35.1 Å². The third kappa shape index (κ3) is 6.15. The molecule has 0 fully saturated rings. The van der Waals surface area contributed by atoms with E-state index < -0.39 is 28.4 Å². The van der Waals surface area contributed by atoms with E-state index in [4.69, 9.17) is 0 Å². The van der Waals surface area contributed by atoms with Gasteiger partial charge in [0.25, 0.3) is 0 Å². The van der Waals surface area contributed by atoms with Crippen molar-refractivity contribution in [3.8, 4) is 0 Å². The van der Waals surface area contributed by atoms with Crippen LogP contribution in [-0.2, 0) is 23.5 Å². The summed E-state index contributed by atoms with van der Waals surface area (Å²) in [6.45, 7) is 0.675. The molecular weight excluding hydrogens is 282 g/mol. The van der Waals surface area contributed by atoms with Gasteiger partial charge in [0.2, 0.25) is 0 Å². The lowest BCUT2D eigenvalue weighted by molar-refractivity contribution is -0.137. The Hall–Kier alpha value is -0.950. The van der Waals surface area contributed by atoms with Crippen molar-refractivity contribution < 1.29 is 21.8 Å². The predicted octanol–water partition coefficient (Wildman–Crippen LogP) is 2.70. The molecule has 0 aliphatic heterocycles. The van der Waals surface area contributed by atoms with Crippen LogP contribution in [0.25, 0.3) is 0 Å². The van der Waals surface area contributed by atoms with Crippen molar-refractivity contribution in [2.75, 3.05) is 18.6 Å². The standard InChI is InChI=1S/C12H15F4NOS/c1-19(18)4-2-3-17-8-9-5-10(12(14,15)16)7-11(13)6-9/h5-7,17H,2-4,8H2,1H3. The van der Waals surface area contributed by atoms with Crippen LogP contribution in [0.4, 0.5) is 17.6 Å². The number of halogens is 4. The van der Waals surface area contributed by atoms with Gasteiger partial charge < -0.3 is 5.32 Å². The molecule has 1 aromatic rings. The van der Waals surface area contributed by atoms with Crippen LogP contribution < -0.4 is 5.32 Å². The number of benzene rings is 1. The minimum absolute atomic E-state index is 0.150. The zero-order valence-corrected chi connectivity index (χ0v) is 11.2. The van der Waals surface area contributed by atoms with Gasteiger partial charge in [-0.2, -0.15) is 13.2 Å². The van der Waals surface area contributed by atoms with Crippen molar-refractivity contribution in [2.45, 2.75) is 19.1 Å². The van der Waals surface area contributed by atoms with Crippen LogP contribution in [-0.4, -0.2) is 22.8 Å². The van der Waals surface area contributed by atoms with Crippen LogP contribution in [0.1, 0.15) is 17.5 Å². The van der Waals surface area contributed by atoms with Gasteiger partial charge in [-0.1, -0.05) is 0 Å². The van der Waals surface area contributed by atoms with E-state index in [2.05, 4.69) is 5.32 Å². The fraction of sp³-hybridized carbons (Fsp3) is 0.500. The maximum absolute atomic E-state index is 13.1. The van der Waals surface area contributed by atoms with Crippen molar-refractivity contribution in [3.63, 3.8) is 0 Å². The molecule has 0 amide bonds. The Morgan fingerprint density at radius 3 is 2.53 bits per heavy atom. The second kappa shape index (κ2) is 7.00. The maximum atomic E-state index is 13.1. The summed E-state index contributed by atoms with van der Waals surface area (Å²) >= 11 is 0. The van der Waals surface area contributed by atoms with E-state index in [0.717, 1.165) is 12.1 Å². The summed E-state index contributed by atoms with van der Waals surface area (Å²) < 4.78 is 61.2. The first-order valence-corrected chi connectivity index (χ1v) is 7.39. The molecular formula is C12H15F4NOS. The summed E-state index contributed by atoms with van der Waals surface area (Å²) in [6.07, 6.45) is -2.30. The van der Waals surface area contributed by atoms with Crippen LogP contribution in [0.15, 0.2) is 18.2 Å². The monoisotopic (exact) mass is 297 g/mol. The highest BCUT2D eigenvalue weighted by Gasteiger charge is 2.31. The second-order valence-electron chi connectivity index (χ2n) is 4.15. The average molecular weight is 297 g/mol. The molecule has 0 aromatic heterocycles. The van der Waals surface area contributed by atoms with Crippen LogP contribution >= 0.6 is 0 Å². The number of hydrogen-bond acceptors (Lipinski definition) is 2. The molecule has 0 radical (unpaired) electrons. The molecule has 2 nitrogen and oxygen atoms in total. The Kier molecular flexibility index (Phi) is 5.93. The first kappa shape index (κ1) is 16.1. The molecule has 1 aromatic carbocycles. The molecule has 0 saturated carbocycles. The first-order valence-electron chi connectivity index (χ1n) is 5.66. The quantitative estimate of drug-likeness (QED) is 0.646. The molecule has 19 heavy (non-hydrogen) atoms. The Morgan fingerprint density at radius 1 is 1.26 bits per heavy atom. The molecule has 1 rings (SSSR count). The van der Waals surface area contributed by atoms with Gasteiger partial charge >= 0.3 is 6.18 Å². The smallest absolute Gasteiger partial charge is 0.313 e. The highest BCUT2D eigenvalue weighted by atomic mass is 32.2. The molecule has 0 spiro atoms. The van der Waals surface area contributed by atoms with Gasteiger partial charge in [-0.15, -0.1) is 0 Å². The highest BCUT2D eigenvalue weighted by molar-refractivity contribution is 7.84. The normalized spacial score (nSPS) is 13.5. The third-order valence-electron chi connectivity index (χ3n) is 2.40. The lowest BCUT2D eigenvalue weighted by atomic mass is 10.1. The fourth-order valence-corrected chi connectivity index (χ4v) is 2.10. The molecule has 1 atom stereocenters. The van der Waals surface area contributed by atoms with E-state index in [9.17, 15) is 21.8 Å². The van der Waals surface area contributed by atoms with E-state index in [1.807, 2.05) is 0 Å². The van der Waals surface area contributed by atoms with Crippen molar-refractivity contribution >= 4 is 10.8 Å². The van der Waals surface area contributed by atoms with Crippen molar-refractivity contribution in [1.82, 2.24) is 5.32 Å². The molecule has 0 aliphatic rings. The molecule has 0 bridgehead atoms. The van der Waals surface area contributed by atoms with Crippen molar-refractivity contribution in [1.29, 1.82) is 0 Å². The first-order chi connectivity index (χ1) is 8.79. The minimum atomic E-state index is -4.55. The van der Waals surface area contributed by atoms with Crippen LogP contribution in [0, 0.1) is 5.82 Å². The lowest BCUT2D eigenvalue weighted by Crippen LogP contribution is -2.17. The van der Waals surface area contributed by atoms with Crippen LogP contribution in [0.3, 0.4) is 0 Å². The van der Waals surface area contributed by atoms with Gasteiger partial charge in [-0.05, 0) is 36.7 Å². The Morgan fingerprint density at radius 2 is 1.95 bits per heavy atom. The second-order valence-corrected chi connectivity index (χ2v) is 5.71.